The zero-order chi connectivity index (χ0) is 14.0. The molecule has 1 atom stereocenters. The average Bonchev–Trinajstić information content (AvgIpc) is 3.06. The topological polar surface area (TPSA) is 86.9 Å². The van der Waals surface area contributed by atoms with Gasteiger partial charge in [-0.05, 0) is 43.1 Å². The summed E-state index contributed by atoms with van der Waals surface area (Å²) >= 11 is 0. The van der Waals surface area contributed by atoms with Gasteiger partial charge in [-0.15, -0.1) is 0 Å². The minimum Gasteiger partial charge on any atom is -0.346 e. The molecule has 1 aliphatic rings. The third-order valence-corrected chi connectivity index (χ3v) is 5.14. The van der Waals surface area contributed by atoms with Gasteiger partial charge in [-0.3, -0.25) is 0 Å². The number of sulfonamides is 1. The van der Waals surface area contributed by atoms with E-state index < -0.39 is 10.0 Å². The van der Waals surface area contributed by atoms with Crippen LogP contribution in [0.5, 0.6) is 0 Å². The van der Waals surface area contributed by atoms with Crippen molar-refractivity contribution >= 4 is 21.1 Å². The highest BCUT2D eigenvalue weighted by atomic mass is 32.2. The van der Waals surface area contributed by atoms with E-state index in [1.54, 1.807) is 12.4 Å². The van der Waals surface area contributed by atoms with Crippen LogP contribution in [0, 0.1) is 5.92 Å². The Bertz CT molecular complexity index is 689. The summed E-state index contributed by atoms with van der Waals surface area (Å²) in [6, 6.07) is 3.75. The highest BCUT2D eigenvalue weighted by molar-refractivity contribution is 7.89. The number of fused-ring (bicyclic) bond motifs is 1. The van der Waals surface area contributed by atoms with E-state index in [1.807, 2.05) is 12.1 Å². The van der Waals surface area contributed by atoms with Crippen LogP contribution < -0.4 is 10.0 Å². The van der Waals surface area contributed by atoms with E-state index in [2.05, 4.69) is 20.0 Å². The van der Waals surface area contributed by atoms with Crippen LogP contribution in [-0.4, -0.2) is 37.2 Å². The van der Waals surface area contributed by atoms with E-state index in [4.69, 9.17) is 0 Å². The number of pyridine rings is 1. The van der Waals surface area contributed by atoms with E-state index in [1.165, 1.54) is 0 Å². The molecule has 20 heavy (non-hydrogen) atoms. The third-order valence-electron chi connectivity index (χ3n) is 3.65. The first kappa shape index (κ1) is 13.5. The Balaban J connectivity index is 1.67. The van der Waals surface area contributed by atoms with Crippen molar-refractivity contribution in [2.75, 3.05) is 18.8 Å². The summed E-state index contributed by atoms with van der Waals surface area (Å²) in [6.45, 7) is 2.01. The fourth-order valence-corrected chi connectivity index (χ4v) is 3.98. The first-order valence-corrected chi connectivity index (χ1v) is 8.38. The quantitative estimate of drug-likeness (QED) is 0.753. The molecule has 2 aromatic heterocycles. The number of nitrogens with one attached hydrogen (secondary N) is 3. The predicted molar refractivity (Wildman–Crippen MR) is 77.7 cm³/mol. The molecule has 3 N–H and O–H groups in total. The lowest BCUT2D eigenvalue weighted by Crippen LogP contribution is -2.30. The molecule has 0 bridgehead atoms. The lowest BCUT2D eigenvalue weighted by atomic mass is 10.2. The van der Waals surface area contributed by atoms with Crippen molar-refractivity contribution in [2.24, 2.45) is 5.92 Å². The average molecular weight is 294 g/mol. The van der Waals surface area contributed by atoms with Gasteiger partial charge in [0.05, 0.1) is 5.75 Å². The maximum Gasteiger partial charge on any atom is 0.212 e. The van der Waals surface area contributed by atoms with Gasteiger partial charge in [0, 0.05) is 24.3 Å². The summed E-state index contributed by atoms with van der Waals surface area (Å²) in [6.07, 6.45) is 4.42. The van der Waals surface area contributed by atoms with Crippen LogP contribution in [0.4, 0.5) is 0 Å². The van der Waals surface area contributed by atoms with E-state index in [0.717, 1.165) is 36.1 Å². The molecule has 0 radical (unpaired) electrons. The molecule has 1 unspecified atom stereocenters. The van der Waals surface area contributed by atoms with E-state index in [9.17, 15) is 8.42 Å². The van der Waals surface area contributed by atoms with Gasteiger partial charge in [-0.1, -0.05) is 0 Å². The lowest BCUT2D eigenvalue weighted by molar-refractivity contribution is 0.557. The SMILES string of the molecule is O=S(=O)(CC1CCNC1)NCc1ccnc2[nH]ccc12. The molecule has 108 valence electrons. The Hall–Kier alpha value is -1.44. The van der Waals surface area contributed by atoms with Crippen molar-refractivity contribution in [2.45, 2.75) is 13.0 Å². The van der Waals surface area contributed by atoms with E-state index >= 15 is 0 Å². The number of aromatic amines is 1. The van der Waals surface area contributed by atoms with Crippen molar-refractivity contribution in [3.05, 3.63) is 30.1 Å². The molecule has 0 saturated carbocycles. The van der Waals surface area contributed by atoms with Gasteiger partial charge in [0.2, 0.25) is 10.0 Å². The molecule has 3 heterocycles. The standard InChI is InChI=1S/C13H18N4O2S/c18-20(19,9-10-1-4-14-7-10)17-8-11-2-5-15-13-12(11)3-6-16-13/h2-3,5-6,10,14,17H,1,4,7-9H2,(H,15,16). The van der Waals surface area contributed by atoms with E-state index in [0.29, 0.717) is 6.54 Å². The summed E-state index contributed by atoms with van der Waals surface area (Å²) in [7, 11) is -3.24. The number of hydrogen-bond donors (Lipinski definition) is 3. The Morgan fingerprint density at radius 2 is 2.30 bits per heavy atom. The first-order chi connectivity index (χ1) is 9.64. The Morgan fingerprint density at radius 3 is 3.10 bits per heavy atom. The van der Waals surface area contributed by atoms with Gasteiger partial charge in [0.1, 0.15) is 5.65 Å². The van der Waals surface area contributed by atoms with Crippen LogP contribution in [0.3, 0.4) is 0 Å². The third kappa shape index (κ3) is 3.00. The van der Waals surface area contributed by atoms with Crippen molar-refractivity contribution in [3.63, 3.8) is 0 Å². The zero-order valence-electron chi connectivity index (χ0n) is 11.1. The lowest BCUT2D eigenvalue weighted by Gasteiger charge is -2.11. The maximum atomic E-state index is 12.1. The van der Waals surface area contributed by atoms with Crippen molar-refractivity contribution in [3.8, 4) is 0 Å². The molecule has 7 heteroatoms. The van der Waals surface area contributed by atoms with Gasteiger partial charge < -0.3 is 10.3 Å². The second kappa shape index (κ2) is 5.51. The second-order valence-corrected chi connectivity index (χ2v) is 7.02. The van der Waals surface area contributed by atoms with Crippen LogP contribution in [0.2, 0.25) is 0 Å². The summed E-state index contributed by atoms with van der Waals surface area (Å²) in [5.41, 5.74) is 1.71. The minimum atomic E-state index is -3.24. The summed E-state index contributed by atoms with van der Waals surface area (Å²) < 4.78 is 26.8. The molecule has 0 aromatic carbocycles. The normalized spacial score (nSPS) is 19.7. The Kier molecular flexibility index (Phi) is 3.73. The first-order valence-electron chi connectivity index (χ1n) is 6.73. The second-order valence-electron chi connectivity index (χ2n) is 5.17. The molecule has 1 fully saturated rings. The smallest absolute Gasteiger partial charge is 0.212 e. The van der Waals surface area contributed by atoms with Crippen LogP contribution in [0.25, 0.3) is 11.0 Å². The summed E-state index contributed by atoms with van der Waals surface area (Å²) in [4.78, 5) is 7.21. The summed E-state index contributed by atoms with van der Waals surface area (Å²) in [5, 5.41) is 4.14. The number of nitrogens with zero attached hydrogens (tertiary/aromatic N) is 1. The zero-order valence-corrected chi connectivity index (χ0v) is 11.9. The van der Waals surface area contributed by atoms with Crippen LogP contribution in [0.15, 0.2) is 24.5 Å². The molecule has 0 aliphatic carbocycles. The molecule has 6 nitrogen and oxygen atoms in total. The van der Waals surface area contributed by atoms with Crippen LogP contribution in [-0.2, 0) is 16.6 Å². The minimum absolute atomic E-state index is 0.196. The highest BCUT2D eigenvalue weighted by Crippen LogP contribution is 2.15. The van der Waals surface area contributed by atoms with Gasteiger partial charge >= 0.3 is 0 Å². The van der Waals surface area contributed by atoms with Crippen LogP contribution in [0.1, 0.15) is 12.0 Å². The fourth-order valence-electron chi connectivity index (χ4n) is 2.59. The molecule has 0 spiro atoms. The molecular formula is C13H18N4O2S. The number of rotatable bonds is 5. The number of hydrogen-bond acceptors (Lipinski definition) is 4. The molecule has 3 rings (SSSR count). The molecule has 1 saturated heterocycles. The molecular weight excluding hydrogens is 276 g/mol. The van der Waals surface area contributed by atoms with Gasteiger partial charge in [0.25, 0.3) is 0 Å². The van der Waals surface area contributed by atoms with Crippen molar-refractivity contribution in [1.29, 1.82) is 0 Å². The van der Waals surface area contributed by atoms with E-state index in [-0.39, 0.29) is 11.7 Å². The maximum absolute atomic E-state index is 12.1. The highest BCUT2D eigenvalue weighted by Gasteiger charge is 2.22. The Morgan fingerprint density at radius 1 is 1.40 bits per heavy atom. The molecule has 2 aromatic rings. The van der Waals surface area contributed by atoms with Crippen molar-refractivity contribution in [1.82, 2.24) is 20.0 Å². The number of H-pyrrole nitrogens is 1. The predicted octanol–water partition coefficient (Wildman–Crippen LogP) is 0.592. The molecule has 1 aliphatic heterocycles. The van der Waals surface area contributed by atoms with Crippen LogP contribution >= 0.6 is 0 Å². The van der Waals surface area contributed by atoms with Gasteiger partial charge in [0.15, 0.2) is 0 Å². The molecule has 0 amide bonds. The van der Waals surface area contributed by atoms with Gasteiger partial charge in [-0.25, -0.2) is 18.1 Å². The van der Waals surface area contributed by atoms with Gasteiger partial charge in [-0.2, -0.15) is 0 Å². The Labute approximate surface area is 118 Å². The largest absolute Gasteiger partial charge is 0.346 e. The monoisotopic (exact) mass is 294 g/mol. The summed E-state index contributed by atoms with van der Waals surface area (Å²) in [5.74, 6) is 0.415. The number of aromatic nitrogens is 2. The van der Waals surface area contributed by atoms with Crippen molar-refractivity contribution < 1.29 is 8.42 Å². The fraction of sp³-hybridized carbons (Fsp3) is 0.462.